The second-order valence-corrected chi connectivity index (χ2v) is 7.21. The molecular formula is C17H17F3N4OS. The van der Waals surface area contributed by atoms with Gasteiger partial charge in [-0.05, 0) is 24.6 Å². The second-order valence-electron chi connectivity index (χ2n) is 6.23. The fourth-order valence-corrected chi connectivity index (χ4v) is 3.62. The Morgan fingerprint density at radius 3 is 2.69 bits per heavy atom. The summed E-state index contributed by atoms with van der Waals surface area (Å²) in [6.07, 6.45) is -4.41. The number of halogens is 3. The van der Waals surface area contributed by atoms with E-state index in [0.717, 1.165) is 23.7 Å². The maximum absolute atomic E-state index is 12.8. The Bertz CT molecular complexity index is 959. The Kier molecular flexibility index (Phi) is 4.74. The SMILES string of the molecule is Cc1c(C(=O)NCc2cccc(C(F)(F)F)c2)sc2nnc(C(C)C)n12. The van der Waals surface area contributed by atoms with Gasteiger partial charge in [0, 0.05) is 18.2 Å². The third kappa shape index (κ3) is 3.44. The molecule has 0 unspecified atom stereocenters. The van der Waals surface area contributed by atoms with Crippen LogP contribution in [0.15, 0.2) is 24.3 Å². The first kappa shape index (κ1) is 18.4. The van der Waals surface area contributed by atoms with E-state index < -0.39 is 11.7 Å². The van der Waals surface area contributed by atoms with Crippen LogP contribution in [0.5, 0.6) is 0 Å². The van der Waals surface area contributed by atoms with Crippen molar-refractivity contribution >= 4 is 22.2 Å². The summed E-state index contributed by atoms with van der Waals surface area (Å²) < 4.78 is 40.1. The third-order valence-corrected chi connectivity index (χ3v) is 5.08. The van der Waals surface area contributed by atoms with Crippen molar-refractivity contribution in [3.8, 4) is 0 Å². The number of nitrogens with zero attached hydrogens (tertiary/aromatic N) is 3. The van der Waals surface area contributed by atoms with E-state index in [1.54, 1.807) is 13.0 Å². The van der Waals surface area contributed by atoms with Crippen LogP contribution in [0.4, 0.5) is 13.2 Å². The zero-order valence-corrected chi connectivity index (χ0v) is 15.2. The Morgan fingerprint density at radius 2 is 2.04 bits per heavy atom. The Hall–Kier alpha value is -2.42. The zero-order valence-electron chi connectivity index (χ0n) is 14.4. The van der Waals surface area contributed by atoms with Crippen LogP contribution in [0, 0.1) is 6.92 Å². The van der Waals surface area contributed by atoms with E-state index in [4.69, 9.17) is 0 Å². The number of benzene rings is 1. The number of aryl methyl sites for hydroxylation is 1. The van der Waals surface area contributed by atoms with Crippen molar-refractivity contribution in [1.29, 1.82) is 0 Å². The maximum atomic E-state index is 12.8. The molecule has 1 N–H and O–H groups in total. The topological polar surface area (TPSA) is 59.3 Å². The summed E-state index contributed by atoms with van der Waals surface area (Å²) in [6.45, 7) is 5.79. The fraction of sp³-hybridized carbons (Fsp3) is 0.353. The van der Waals surface area contributed by atoms with E-state index in [9.17, 15) is 18.0 Å². The van der Waals surface area contributed by atoms with E-state index in [1.807, 2.05) is 18.2 Å². The highest BCUT2D eigenvalue weighted by Crippen LogP contribution is 2.29. The summed E-state index contributed by atoms with van der Waals surface area (Å²) in [5, 5.41) is 10.9. The maximum Gasteiger partial charge on any atom is 0.416 e. The van der Waals surface area contributed by atoms with E-state index in [1.165, 1.54) is 17.4 Å². The van der Waals surface area contributed by atoms with Crippen molar-refractivity contribution in [2.45, 2.75) is 39.4 Å². The molecule has 0 saturated heterocycles. The summed E-state index contributed by atoms with van der Waals surface area (Å²) in [6, 6.07) is 4.92. The van der Waals surface area contributed by atoms with E-state index in [2.05, 4.69) is 15.5 Å². The van der Waals surface area contributed by atoms with Crippen molar-refractivity contribution in [3.05, 3.63) is 51.8 Å². The Morgan fingerprint density at radius 1 is 1.31 bits per heavy atom. The molecule has 3 rings (SSSR count). The number of nitrogens with one attached hydrogen (secondary N) is 1. The monoisotopic (exact) mass is 382 g/mol. The lowest BCUT2D eigenvalue weighted by molar-refractivity contribution is -0.137. The molecule has 0 aliphatic carbocycles. The first-order chi connectivity index (χ1) is 12.2. The molecular weight excluding hydrogens is 365 g/mol. The van der Waals surface area contributed by atoms with Gasteiger partial charge in [0.25, 0.3) is 5.91 Å². The number of carbonyl (C=O) groups excluding carboxylic acids is 1. The highest BCUT2D eigenvalue weighted by molar-refractivity contribution is 7.19. The number of fused-ring (bicyclic) bond motifs is 1. The number of alkyl halides is 3. The summed E-state index contributed by atoms with van der Waals surface area (Å²) in [5.41, 5.74) is 0.375. The van der Waals surface area contributed by atoms with E-state index >= 15 is 0 Å². The number of hydrogen-bond acceptors (Lipinski definition) is 4. The van der Waals surface area contributed by atoms with Gasteiger partial charge in [0.05, 0.1) is 5.56 Å². The molecule has 5 nitrogen and oxygen atoms in total. The lowest BCUT2D eigenvalue weighted by atomic mass is 10.1. The summed E-state index contributed by atoms with van der Waals surface area (Å²) in [4.78, 5) is 13.6. The quantitative estimate of drug-likeness (QED) is 0.737. The zero-order chi connectivity index (χ0) is 19.1. The summed E-state index contributed by atoms with van der Waals surface area (Å²) >= 11 is 1.21. The second kappa shape index (κ2) is 6.71. The van der Waals surface area contributed by atoms with Gasteiger partial charge in [0.1, 0.15) is 10.7 Å². The number of thiazole rings is 1. The van der Waals surface area contributed by atoms with Gasteiger partial charge in [0.15, 0.2) is 0 Å². The van der Waals surface area contributed by atoms with Crippen LogP contribution in [-0.2, 0) is 12.7 Å². The molecule has 0 radical (unpaired) electrons. The van der Waals surface area contributed by atoms with Crippen molar-refractivity contribution in [3.63, 3.8) is 0 Å². The average Bonchev–Trinajstić information content (AvgIpc) is 3.13. The minimum absolute atomic E-state index is 0.0116. The van der Waals surface area contributed by atoms with E-state index in [0.29, 0.717) is 15.4 Å². The van der Waals surface area contributed by atoms with Crippen molar-refractivity contribution in [2.24, 2.45) is 0 Å². The summed E-state index contributed by atoms with van der Waals surface area (Å²) in [5.74, 6) is 0.579. The van der Waals surface area contributed by atoms with Crippen molar-refractivity contribution < 1.29 is 18.0 Å². The molecule has 1 aromatic carbocycles. The molecule has 0 fully saturated rings. The predicted octanol–water partition coefficient (Wildman–Crippen LogP) is 4.17. The van der Waals surface area contributed by atoms with Crippen LogP contribution in [-0.4, -0.2) is 20.5 Å². The molecule has 0 aliphatic heterocycles. The lowest BCUT2D eigenvalue weighted by Crippen LogP contribution is -2.23. The number of aromatic nitrogens is 3. The highest BCUT2D eigenvalue weighted by Gasteiger charge is 2.30. The normalized spacial score (nSPS) is 12.1. The van der Waals surface area contributed by atoms with Gasteiger partial charge in [-0.3, -0.25) is 9.20 Å². The highest BCUT2D eigenvalue weighted by atomic mass is 32.1. The van der Waals surface area contributed by atoms with Gasteiger partial charge in [-0.1, -0.05) is 37.3 Å². The van der Waals surface area contributed by atoms with Crippen LogP contribution < -0.4 is 5.32 Å². The summed E-state index contributed by atoms with van der Waals surface area (Å²) in [7, 11) is 0. The molecule has 2 heterocycles. The molecule has 0 bridgehead atoms. The molecule has 0 spiro atoms. The molecule has 138 valence electrons. The van der Waals surface area contributed by atoms with Crippen molar-refractivity contribution in [1.82, 2.24) is 19.9 Å². The third-order valence-electron chi connectivity index (χ3n) is 3.95. The smallest absolute Gasteiger partial charge is 0.347 e. The molecule has 0 aliphatic rings. The van der Waals surface area contributed by atoms with Gasteiger partial charge in [-0.15, -0.1) is 10.2 Å². The lowest BCUT2D eigenvalue weighted by Gasteiger charge is -2.09. The first-order valence-corrected chi connectivity index (χ1v) is 8.79. The van der Waals surface area contributed by atoms with Gasteiger partial charge in [-0.25, -0.2) is 0 Å². The minimum Gasteiger partial charge on any atom is -0.347 e. The fourth-order valence-electron chi connectivity index (χ4n) is 2.63. The Balaban J connectivity index is 1.79. The van der Waals surface area contributed by atoms with Gasteiger partial charge >= 0.3 is 6.18 Å². The standard InChI is InChI=1S/C17H17F3N4OS/c1-9(2)14-22-23-16-24(14)10(3)13(26-16)15(25)21-8-11-5-4-6-12(7-11)17(18,19)20/h4-7,9H,8H2,1-3H3,(H,21,25). The molecule has 0 atom stereocenters. The van der Waals surface area contributed by atoms with Gasteiger partial charge in [0.2, 0.25) is 4.96 Å². The van der Waals surface area contributed by atoms with Crippen LogP contribution in [0.1, 0.15) is 52.1 Å². The number of hydrogen-bond donors (Lipinski definition) is 1. The van der Waals surface area contributed by atoms with Gasteiger partial charge in [-0.2, -0.15) is 13.2 Å². The van der Waals surface area contributed by atoms with Crippen molar-refractivity contribution in [2.75, 3.05) is 0 Å². The van der Waals surface area contributed by atoms with E-state index in [-0.39, 0.29) is 18.4 Å². The number of carbonyl (C=O) groups is 1. The molecule has 1 amide bonds. The largest absolute Gasteiger partial charge is 0.416 e. The van der Waals surface area contributed by atoms with Crippen LogP contribution in [0.2, 0.25) is 0 Å². The van der Waals surface area contributed by atoms with Crippen LogP contribution in [0.25, 0.3) is 4.96 Å². The first-order valence-electron chi connectivity index (χ1n) is 7.97. The average molecular weight is 382 g/mol. The molecule has 2 aromatic heterocycles. The molecule has 3 aromatic rings. The predicted molar refractivity (Wildman–Crippen MR) is 92.3 cm³/mol. The molecule has 26 heavy (non-hydrogen) atoms. The number of rotatable bonds is 4. The molecule has 0 saturated carbocycles. The molecule has 9 heteroatoms. The number of amides is 1. The minimum atomic E-state index is -4.41. The van der Waals surface area contributed by atoms with Crippen LogP contribution >= 0.6 is 11.3 Å². The van der Waals surface area contributed by atoms with Crippen LogP contribution in [0.3, 0.4) is 0 Å². The Labute approximate surface area is 151 Å². The van der Waals surface area contributed by atoms with Gasteiger partial charge < -0.3 is 5.32 Å².